The van der Waals surface area contributed by atoms with Gasteiger partial charge in [0.05, 0.1) is 32.6 Å². The van der Waals surface area contributed by atoms with Gasteiger partial charge in [0, 0.05) is 17.2 Å². The number of anilines is 1. The lowest BCUT2D eigenvalue weighted by Crippen LogP contribution is -2.23. The highest BCUT2D eigenvalue weighted by molar-refractivity contribution is 6.30. The zero-order chi connectivity index (χ0) is 22.5. The van der Waals surface area contributed by atoms with Gasteiger partial charge in [-0.25, -0.2) is 4.79 Å². The van der Waals surface area contributed by atoms with E-state index in [1.165, 1.54) is 39.5 Å². The number of nitrogens with one attached hydrogen (secondary N) is 1. The minimum atomic E-state index is -4.74. The molecule has 0 unspecified atom stereocenters. The molecule has 2 rings (SSSR count). The number of carbonyl (C=O) groups is 2. The summed E-state index contributed by atoms with van der Waals surface area (Å²) in [6.07, 6.45) is -4.74. The van der Waals surface area contributed by atoms with Gasteiger partial charge < -0.3 is 24.3 Å². The molecule has 7 nitrogen and oxygen atoms in total. The molecule has 0 aliphatic carbocycles. The fourth-order valence-electron chi connectivity index (χ4n) is 2.44. The summed E-state index contributed by atoms with van der Waals surface area (Å²) in [5, 5.41) is 1.90. The van der Waals surface area contributed by atoms with E-state index in [4.69, 9.17) is 30.5 Å². The quantitative estimate of drug-likeness (QED) is 0.641. The molecule has 0 fully saturated rings. The van der Waals surface area contributed by atoms with Crippen molar-refractivity contribution in [2.24, 2.45) is 0 Å². The highest BCUT2D eigenvalue weighted by Gasteiger charge is 2.34. The Bertz CT molecular complexity index is 949. The van der Waals surface area contributed by atoms with Crippen LogP contribution in [-0.4, -0.2) is 39.8 Å². The first-order chi connectivity index (χ1) is 14.1. The first-order valence-corrected chi connectivity index (χ1v) is 8.62. The average molecular weight is 448 g/mol. The predicted molar refractivity (Wildman–Crippen MR) is 101 cm³/mol. The van der Waals surface area contributed by atoms with Crippen molar-refractivity contribution in [2.75, 3.05) is 33.3 Å². The second-order valence-electron chi connectivity index (χ2n) is 5.72. The number of hydrogen-bond acceptors (Lipinski definition) is 6. The fourth-order valence-corrected chi connectivity index (χ4v) is 2.62. The first kappa shape index (κ1) is 23.1. The van der Waals surface area contributed by atoms with Crippen LogP contribution in [0.15, 0.2) is 30.3 Å². The van der Waals surface area contributed by atoms with Crippen LogP contribution in [0.25, 0.3) is 0 Å². The van der Waals surface area contributed by atoms with Crippen molar-refractivity contribution in [1.82, 2.24) is 0 Å². The Labute approximate surface area is 174 Å². The molecule has 0 saturated carbocycles. The lowest BCUT2D eigenvalue weighted by Gasteiger charge is -2.15. The SMILES string of the molecule is COc1cc(OC)c(C(=O)OCC(=O)Nc2ccc(Cl)cc2C(F)(F)F)cc1OC. The largest absolute Gasteiger partial charge is 0.496 e. The molecule has 2 aromatic carbocycles. The van der Waals surface area contributed by atoms with Gasteiger partial charge in [0.2, 0.25) is 0 Å². The lowest BCUT2D eigenvalue weighted by molar-refractivity contribution is -0.137. The van der Waals surface area contributed by atoms with Gasteiger partial charge in [-0.1, -0.05) is 11.6 Å². The Morgan fingerprint density at radius 1 is 0.967 bits per heavy atom. The number of carbonyl (C=O) groups excluding carboxylic acids is 2. The van der Waals surface area contributed by atoms with E-state index in [-0.39, 0.29) is 22.1 Å². The highest BCUT2D eigenvalue weighted by Crippen LogP contribution is 2.37. The van der Waals surface area contributed by atoms with E-state index < -0.39 is 35.9 Å². The molecule has 0 atom stereocenters. The van der Waals surface area contributed by atoms with E-state index in [1.54, 1.807) is 0 Å². The average Bonchev–Trinajstić information content (AvgIpc) is 2.71. The molecule has 162 valence electrons. The van der Waals surface area contributed by atoms with Gasteiger partial charge in [0.1, 0.15) is 11.3 Å². The summed E-state index contributed by atoms with van der Waals surface area (Å²) in [5.41, 5.74) is -1.71. The van der Waals surface area contributed by atoms with E-state index in [2.05, 4.69) is 0 Å². The van der Waals surface area contributed by atoms with Crippen molar-refractivity contribution < 1.29 is 41.7 Å². The molecular formula is C19H17ClF3NO6. The number of alkyl halides is 3. The number of amides is 1. The molecule has 0 aromatic heterocycles. The monoisotopic (exact) mass is 447 g/mol. The van der Waals surface area contributed by atoms with Crippen molar-refractivity contribution in [1.29, 1.82) is 0 Å². The summed E-state index contributed by atoms with van der Waals surface area (Å²) >= 11 is 5.59. The maximum absolute atomic E-state index is 13.1. The number of benzene rings is 2. The van der Waals surface area contributed by atoms with Gasteiger partial charge >= 0.3 is 12.1 Å². The third kappa shape index (κ3) is 5.47. The second kappa shape index (κ2) is 9.57. The number of rotatable bonds is 7. The molecule has 0 bridgehead atoms. The van der Waals surface area contributed by atoms with Crippen LogP contribution in [0.5, 0.6) is 17.2 Å². The normalized spacial score (nSPS) is 10.9. The number of hydrogen-bond donors (Lipinski definition) is 1. The maximum Gasteiger partial charge on any atom is 0.418 e. The lowest BCUT2D eigenvalue weighted by atomic mass is 10.1. The molecule has 0 heterocycles. The smallest absolute Gasteiger partial charge is 0.418 e. The van der Waals surface area contributed by atoms with E-state index in [0.717, 1.165) is 6.07 Å². The topological polar surface area (TPSA) is 83.1 Å². The van der Waals surface area contributed by atoms with Crippen molar-refractivity contribution >= 4 is 29.2 Å². The number of esters is 1. The van der Waals surface area contributed by atoms with E-state index in [9.17, 15) is 22.8 Å². The molecule has 0 spiro atoms. The standard InChI is InChI=1S/C19H17ClF3NO6/c1-27-14-8-16(29-3)15(28-2)7-11(14)18(26)30-9-17(25)24-13-5-4-10(20)6-12(13)19(21,22)23/h4-8H,9H2,1-3H3,(H,24,25). The summed E-state index contributed by atoms with van der Waals surface area (Å²) in [7, 11) is 4.06. The number of ether oxygens (including phenoxy) is 4. The molecule has 2 aromatic rings. The molecule has 0 aliphatic rings. The molecule has 0 aliphatic heterocycles. The summed E-state index contributed by atoms with van der Waals surface area (Å²) in [5.74, 6) is -1.32. The van der Waals surface area contributed by atoms with Crippen LogP contribution in [0.3, 0.4) is 0 Å². The third-order valence-electron chi connectivity index (χ3n) is 3.82. The predicted octanol–water partition coefficient (Wildman–Crippen LogP) is 4.18. The Balaban J connectivity index is 2.13. The Morgan fingerprint density at radius 3 is 2.13 bits per heavy atom. The number of halogens is 4. The van der Waals surface area contributed by atoms with E-state index in [0.29, 0.717) is 11.8 Å². The van der Waals surface area contributed by atoms with Crippen LogP contribution >= 0.6 is 11.6 Å². The van der Waals surface area contributed by atoms with Crippen molar-refractivity contribution in [2.45, 2.75) is 6.18 Å². The number of methoxy groups -OCH3 is 3. The third-order valence-corrected chi connectivity index (χ3v) is 4.06. The zero-order valence-corrected chi connectivity index (χ0v) is 16.8. The van der Waals surface area contributed by atoms with Crippen LogP contribution in [0.4, 0.5) is 18.9 Å². The Morgan fingerprint density at radius 2 is 1.57 bits per heavy atom. The molecule has 1 amide bonds. The minimum Gasteiger partial charge on any atom is -0.496 e. The fraction of sp³-hybridized carbons (Fsp3) is 0.263. The van der Waals surface area contributed by atoms with Crippen LogP contribution in [0, 0.1) is 0 Å². The molecular weight excluding hydrogens is 431 g/mol. The van der Waals surface area contributed by atoms with Gasteiger partial charge in [0.15, 0.2) is 18.1 Å². The highest BCUT2D eigenvalue weighted by atomic mass is 35.5. The summed E-state index contributed by atoms with van der Waals surface area (Å²) < 4.78 is 59.5. The second-order valence-corrected chi connectivity index (χ2v) is 6.16. The summed E-state index contributed by atoms with van der Waals surface area (Å²) in [6.45, 7) is -0.837. The Hall–Kier alpha value is -3.14. The zero-order valence-electron chi connectivity index (χ0n) is 16.1. The van der Waals surface area contributed by atoms with Crippen LogP contribution in [-0.2, 0) is 15.7 Å². The molecule has 11 heteroatoms. The first-order valence-electron chi connectivity index (χ1n) is 8.24. The van der Waals surface area contributed by atoms with Crippen molar-refractivity contribution in [3.8, 4) is 17.2 Å². The van der Waals surface area contributed by atoms with Crippen LogP contribution in [0.2, 0.25) is 5.02 Å². The Kier molecular flexibility index (Phi) is 7.38. The van der Waals surface area contributed by atoms with Gasteiger partial charge in [-0.3, -0.25) is 4.79 Å². The summed E-state index contributed by atoms with van der Waals surface area (Å²) in [4.78, 5) is 24.4. The van der Waals surface area contributed by atoms with Gasteiger partial charge in [-0.15, -0.1) is 0 Å². The van der Waals surface area contributed by atoms with Gasteiger partial charge in [0.25, 0.3) is 5.91 Å². The minimum absolute atomic E-state index is 0.0644. The van der Waals surface area contributed by atoms with Crippen molar-refractivity contribution in [3.05, 3.63) is 46.5 Å². The van der Waals surface area contributed by atoms with E-state index in [1.807, 2.05) is 5.32 Å². The van der Waals surface area contributed by atoms with Crippen LogP contribution < -0.4 is 19.5 Å². The molecule has 0 saturated heterocycles. The molecule has 30 heavy (non-hydrogen) atoms. The molecule has 1 N–H and O–H groups in total. The van der Waals surface area contributed by atoms with Gasteiger partial charge in [-0.2, -0.15) is 13.2 Å². The maximum atomic E-state index is 13.1. The van der Waals surface area contributed by atoms with E-state index >= 15 is 0 Å². The summed E-state index contributed by atoms with van der Waals surface area (Å²) in [6, 6.07) is 5.55. The van der Waals surface area contributed by atoms with Crippen LogP contribution in [0.1, 0.15) is 15.9 Å². The van der Waals surface area contributed by atoms with Gasteiger partial charge in [-0.05, 0) is 18.2 Å². The van der Waals surface area contributed by atoms with Crippen molar-refractivity contribution in [3.63, 3.8) is 0 Å². The molecule has 0 radical (unpaired) electrons.